The standard InChI is InChI=1S/C29H32BrN3O5/c1-20-29(18-21-4-10-24(30)11-5-21,28(35)33-31-19-22-6-12-25(36-2)13-7-22)32-27(38-20)23-8-14-26(15-9-23)37-17-3-16-34/h4-15,20,31,34H,3,16-19H2,1-2H3,(H,33,35)/t20-,29-/m0/s1. The van der Waals surface area contributed by atoms with Gasteiger partial charge in [-0.3, -0.25) is 10.2 Å². The largest absolute Gasteiger partial charge is 0.497 e. The molecule has 1 aliphatic heterocycles. The van der Waals surface area contributed by atoms with Crippen molar-refractivity contribution < 1.29 is 24.1 Å². The van der Waals surface area contributed by atoms with Crippen molar-refractivity contribution in [1.82, 2.24) is 10.9 Å². The van der Waals surface area contributed by atoms with E-state index in [2.05, 4.69) is 26.8 Å². The zero-order chi connectivity index (χ0) is 27.0. The monoisotopic (exact) mass is 581 g/mol. The molecule has 1 heterocycles. The summed E-state index contributed by atoms with van der Waals surface area (Å²) in [4.78, 5) is 18.6. The van der Waals surface area contributed by atoms with Gasteiger partial charge in [-0.2, -0.15) is 0 Å². The van der Waals surface area contributed by atoms with E-state index in [0.717, 1.165) is 26.9 Å². The van der Waals surface area contributed by atoms with Crippen molar-refractivity contribution in [3.05, 3.63) is 94.0 Å². The third-order valence-corrected chi connectivity index (χ3v) is 6.90. The third kappa shape index (κ3) is 6.72. The number of hydrogen-bond acceptors (Lipinski definition) is 7. The van der Waals surface area contributed by atoms with Crippen LogP contribution >= 0.6 is 15.9 Å². The number of aliphatic imine (C=N–C) groups is 1. The van der Waals surface area contributed by atoms with Gasteiger partial charge in [0.25, 0.3) is 5.91 Å². The Labute approximate surface area is 231 Å². The second-order valence-corrected chi connectivity index (χ2v) is 9.93. The van der Waals surface area contributed by atoms with E-state index in [1.165, 1.54) is 0 Å². The van der Waals surface area contributed by atoms with Gasteiger partial charge in [0.1, 0.15) is 17.6 Å². The lowest BCUT2D eigenvalue weighted by atomic mass is 9.86. The van der Waals surface area contributed by atoms with Crippen LogP contribution in [0.5, 0.6) is 11.5 Å². The van der Waals surface area contributed by atoms with Crippen molar-refractivity contribution in [2.75, 3.05) is 20.3 Å². The molecule has 38 heavy (non-hydrogen) atoms. The summed E-state index contributed by atoms with van der Waals surface area (Å²) in [5.41, 5.74) is 7.43. The fraction of sp³-hybridized carbons (Fsp3) is 0.310. The molecule has 0 aliphatic carbocycles. The van der Waals surface area contributed by atoms with Crippen LogP contribution < -0.4 is 20.3 Å². The number of aliphatic hydroxyl groups is 1. The first-order chi connectivity index (χ1) is 18.4. The molecule has 0 bridgehead atoms. The van der Waals surface area contributed by atoms with Gasteiger partial charge in [0.2, 0.25) is 5.90 Å². The van der Waals surface area contributed by atoms with Crippen LogP contribution in [-0.4, -0.2) is 48.9 Å². The van der Waals surface area contributed by atoms with E-state index < -0.39 is 11.6 Å². The molecule has 4 rings (SSSR count). The summed E-state index contributed by atoms with van der Waals surface area (Å²) < 4.78 is 18.0. The van der Waals surface area contributed by atoms with E-state index in [0.29, 0.717) is 37.6 Å². The highest BCUT2D eigenvalue weighted by molar-refractivity contribution is 9.10. The lowest BCUT2D eigenvalue weighted by Crippen LogP contribution is -2.55. The van der Waals surface area contributed by atoms with Gasteiger partial charge in [0.15, 0.2) is 5.54 Å². The van der Waals surface area contributed by atoms with Gasteiger partial charge in [-0.05, 0) is 66.6 Å². The Bertz CT molecular complexity index is 1230. The minimum Gasteiger partial charge on any atom is -0.497 e. The number of hydrogen-bond donors (Lipinski definition) is 3. The van der Waals surface area contributed by atoms with Crippen molar-refractivity contribution in [3.8, 4) is 11.5 Å². The molecule has 0 radical (unpaired) electrons. The number of amides is 1. The lowest BCUT2D eigenvalue weighted by molar-refractivity contribution is -0.129. The highest BCUT2D eigenvalue weighted by atomic mass is 79.9. The Kier molecular flexibility index (Phi) is 9.38. The number of hydrazine groups is 1. The molecule has 2 atom stereocenters. The van der Waals surface area contributed by atoms with Crippen LogP contribution in [0.1, 0.15) is 30.0 Å². The summed E-state index contributed by atoms with van der Waals surface area (Å²) in [6.07, 6.45) is 0.419. The van der Waals surface area contributed by atoms with Gasteiger partial charge < -0.3 is 19.3 Å². The maximum absolute atomic E-state index is 13.7. The number of carbonyl (C=O) groups is 1. The number of aliphatic hydroxyl groups excluding tert-OH is 1. The Morgan fingerprint density at radius 2 is 1.68 bits per heavy atom. The molecule has 0 saturated carbocycles. The zero-order valence-corrected chi connectivity index (χ0v) is 23.0. The molecular formula is C29H32BrN3O5. The second-order valence-electron chi connectivity index (χ2n) is 9.01. The molecule has 1 aliphatic rings. The van der Waals surface area contributed by atoms with E-state index in [9.17, 15) is 4.79 Å². The SMILES string of the molecule is COc1ccc(CNNC(=O)[C@@]2(Cc3ccc(Br)cc3)N=C(c3ccc(OCCCO)cc3)O[C@H]2C)cc1. The first kappa shape index (κ1) is 27.6. The zero-order valence-electron chi connectivity index (χ0n) is 21.4. The molecule has 8 nitrogen and oxygen atoms in total. The van der Waals surface area contributed by atoms with Gasteiger partial charge in [0, 0.05) is 36.0 Å². The number of ether oxygens (including phenoxy) is 3. The number of benzene rings is 3. The Morgan fingerprint density at radius 3 is 2.34 bits per heavy atom. The van der Waals surface area contributed by atoms with Crippen molar-refractivity contribution in [3.63, 3.8) is 0 Å². The predicted octanol–water partition coefficient (Wildman–Crippen LogP) is 4.19. The van der Waals surface area contributed by atoms with Crippen LogP contribution in [0.4, 0.5) is 0 Å². The number of carbonyl (C=O) groups excluding carboxylic acids is 1. The van der Waals surface area contributed by atoms with Crippen molar-refractivity contribution >= 4 is 27.7 Å². The highest BCUT2D eigenvalue weighted by Gasteiger charge is 2.50. The average molecular weight is 582 g/mol. The first-order valence-corrected chi connectivity index (χ1v) is 13.2. The topological polar surface area (TPSA) is 101 Å². The van der Waals surface area contributed by atoms with Crippen LogP contribution in [-0.2, 0) is 22.5 Å². The molecule has 3 N–H and O–H groups in total. The molecular weight excluding hydrogens is 550 g/mol. The van der Waals surface area contributed by atoms with Crippen LogP contribution in [0.25, 0.3) is 0 Å². The van der Waals surface area contributed by atoms with E-state index in [1.54, 1.807) is 7.11 Å². The number of nitrogens with one attached hydrogen (secondary N) is 2. The maximum Gasteiger partial charge on any atom is 0.266 e. The van der Waals surface area contributed by atoms with Crippen molar-refractivity contribution in [1.29, 1.82) is 0 Å². The molecule has 0 unspecified atom stereocenters. The van der Waals surface area contributed by atoms with Crippen molar-refractivity contribution in [2.24, 2.45) is 4.99 Å². The van der Waals surface area contributed by atoms with Gasteiger partial charge in [0.05, 0.1) is 13.7 Å². The summed E-state index contributed by atoms with van der Waals surface area (Å²) in [6.45, 7) is 2.82. The lowest BCUT2D eigenvalue weighted by Gasteiger charge is -2.28. The van der Waals surface area contributed by atoms with Crippen LogP contribution in [0.2, 0.25) is 0 Å². The normalized spacial score (nSPS) is 18.4. The number of methoxy groups -OCH3 is 1. The molecule has 0 saturated heterocycles. The molecule has 9 heteroatoms. The second kappa shape index (κ2) is 12.9. The summed E-state index contributed by atoms with van der Waals surface area (Å²) in [5, 5.41) is 8.94. The fourth-order valence-corrected chi connectivity index (χ4v) is 4.40. The maximum atomic E-state index is 13.7. The smallest absolute Gasteiger partial charge is 0.266 e. The van der Waals surface area contributed by atoms with E-state index in [1.807, 2.05) is 79.7 Å². The van der Waals surface area contributed by atoms with Gasteiger partial charge in [-0.25, -0.2) is 10.4 Å². The summed E-state index contributed by atoms with van der Waals surface area (Å²) >= 11 is 3.47. The fourth-order valence-electron chi connectivity index (χ4n) is 4.13. The van der Waals surface area contributed by atoms with E-state index >= 15 is 0 Å². The quantitative estimate of drug-likeness (QED) is 0.219. The predicted molar refractivity (Wildman–Crippen MR) is 149 cm³/mol. The van der Waals surface area contributed by atoms with Crippen molar-refractivity contribution in [2.45, 2.75) is 38.0 Å². The Morgan fingerprint density at radius 1 is 1.03 bits per heavy atom. The molecule has 0 spiro atoms. The molecule has 0 aromatic heterocycles. The van der Waals surface area contributed by atoms with Crippen LogP contribution in [0, 0.1) is 0 Å². The summed E-state index contributed by atoms with van der Waals surface area (Å²) in [5.74, 6) is 1.59. The Balaban J connectivity index is 1.53. The number of nitrogens with zero attached hydrogens (tertiary/aromatic N) is 1. The van der Waals surface area contributed by atoms with E-state index in [-0.39, 0.29) is 12.5 Å². The Hall–Kier alpha value is -3.40. The van der Waals surface area contributed by atoms with Crippen LogP contribution in [0.3, 0.4) is 0 Å². The summed E-state index contributed by atoms with van der Waals surface area (Å²) in [7, 11) is 1.62. The van der Waals surface area contributed by atoms with Gasteiger partial charge in [-0.1, -0.05) is 40.2 Å². The number of halogens is 1. The van der Waals surface area contributed by atoms with E-state index in [4.69, 9.17) is 24.3 Å². The molecule has 1 amide bonds. The average Bonchev–Trinajstić information content (AvgIpc) is 3.27. The van der Waals surface area contributed by atoms with Crippen LogP contribution in [0.15, 0.2) is 82.3 Å². The number of rotatable bonds is 12. The third-order valence-electron chi connectivity index (χ3n) is 6.37. The van der Waals surface area contributed by atoms with Gasteiger partial charge >= 0.3 is 0 Å². The minimum absolute atomic E-state index is 0.0814. The first-order valence-electron chi connectivity index (χ1n) is 12.4. The highest BCUT2D eigenvalue weighted by Crippen LogP contribution is 2.33. The molecule has 0 fully saturated rings. The molecule has 200 valence electrons. The molecule has 3 aromatic carbocycles. The summed E-state index contributed by atoms with van der Waals surface area (Å²) in [6, 6.07) is 22.8. The van der Waals surface area contributed by atoms with Gasteiger partial charge in [-0.15, -0.1) is 0 Å². The molecule has 3 aromatic rings. The minimum atomic E-state index is -1.17.